The SMILES string of the molecule is O=C1/C(=N\O)C2=CC(F)=CC3CC23N1Cc1cc(F)cc2c1OCOC2. The topological polar surface area (TPSA) is 71.4 Å². The van der Waals surface area contributed by atoms with Crippen molar-refractivity contribution in [3.8, 4) is 5.75 Å². The lowest BCUT2D eigenvalue weighted by Gasteiger charge is -2.29. The Hall–Kier alpha value is -2.74. The lowest BCUT2D eigenvalue weighted by Crippen LogP contribution is -2.37. The zero-order valence-corrected chi connectivity index (χ0v) is 13.5. The molecule has 8 heteroatoms. The van der Waals surface area contributed by atoms with Crippen molar-refractivity contribution in [2.75, 3.05) is 6.79 Å². The van der Waals surface area contributed by atoms with Crippen LogP contribution in [0.25, 0.3) is 0 Å². The molecular formula is C18H14F2N2O4. The highest BCUT2D eigenvalue weighted by atomic mass is 19.1. The first-order valence-corrected chi connectivity index (χ1v) is 8.20. The van der Waals surface area contributed by atoms with E-state index >= 15 is 0 Å². The van der Waals surface area contributed by atoms with Gasteiger partial charge in [-0.05, 0) is 30.7 Å². The Morgan fingerprint density at radius 1 is 1.38 bits per heavy atom. The summed E-state index contributed by atoms with van der Waals surface area (Å²) in [7, 11) is 0. The number of benzene rings is 1. The van der Waals surface area contributed by atoms with Crippen molar-refractivity contribution >= 4 is 11.6 Å². The van der Waals surface area contributed by atoms with Crippen molar-refractivity contribution in [2.45, 2.75) is 25.1 Å². The van der Waals surface area contributed by atoms with E-state index in [0.717, 1.165) is 0 Å². The first kappa shape index (κ1) is 15.5. The fourth-order valence-electron chi connectivity index (χ4n) is 4.29. The predicted molar refractivity (Wildman–Crippen MR) is 84.6 cm³/mol. The molecule has 6 nitrogen and oxygen atoms in total. The van der Waals surface area contributed by atoms with Crippen LogP contribution in [0.15, 0.2) is 40.8 Å². The summed E-state index contributed by atoms with van der Waals surface area (Å²) in [5.41, 5.74) is 0.572. The minimum Gasteiger partial charge on any atom is -0.467 e. The molecule has 26 heavy (non-hydrogen) atoms. The molecule has 1 aromatic carbocycles. The third kappa shape index (κ3) is 1.93. The number of ether oxygens (including phenoxy) is 2. The van der Waals surface area contributed by atoms with E-state index in [1.54, 1.807) is 0 Å². The summed E-state index contributed by atoms with van der Waals surface area (Å²) in [6, 6.07) is 2.66. The van der Waals surface area contributed by atoms with E-state index in [2.05, 4.69) is 5.16 Å². The van der Waals surface area contributed by atoms with Crippen molar-refractivity contribution in [3.05, 3.63) is 52.6 Å². The Morgan fingerprint density at radius 3 is 3.04 bits per heavy atom. The van der Waals surface area contributed by atoms with Crippen LogP contribution >= 0.6 is 0 Å². The maximum absolute atomic E-state index is 14.0. The zero-order valence-electron chi connectivity index (χ0n) is 13.5. The predicted octanol–water partition coefficient (Wildman–Crippen LogP) is 2.42. The van der Waals surface area contributed by atoms with Gasteiger partial charge in [-0.15, -0.1) is 0 Å². The van der Waals surface area contributed by atoms with Crippen LogP contribution in [0.2, 0.25) is 0 Å². The van der Waals surface area contributed by atoms with Crippen LogP contribution in [-0.2, 0) is 22.7 Å². The van der Waals surface area contributed by atoms with Gasteiger partial charge in [0.25, 0.3) is 5.91 Å². The molecule has 0 bridgehead atoms. The van der Waals surface area contributed by atoms with E-state index in [4.69, 9.17) is 9.47 Å². The molecule has 2 aliphatic heterocycles. The molecule has 1 amide bonds. The summed E-state index contributed by atoms with van der Waals surface area (Å²) in [6.07, 6.45) is 3.25. The quantitative estimate of drug-likeness (QED) is 0.650. The number of halogens is 2. The molecule has 2 fully saturated rings. The van der Waals surface area contributed by atoms with Gasteiger partial charge in [0.05, 0.1) is 18.7 Å². The van der Waals surface area contributed by atoms with E-state index in [1.165, 1.54) is 29.2 Å². The average Bonchev–Trinajstić information content (AvgIpc) is 3.29. The highest BCUT2D eigenvalue weighted by Gasteiger charge is 2.68. The number of nitrogens with zero attached hydrogens (tertiary/aromatic N) is 2. The van der Waals surface area contributed by atoms with Crippen LogP contribution in [-0.4, -0.2) is 34.1 Å². The van der Waals surface area contributed by atoms with Gasteiger partial charge >= 0.3 is 0 Å². The molecule has 5 rings (SSSR count). The smallest absolute Gasteiger partial charge is 0.277 e. The summed E-state index contributed by atoms with van der Waals surface area (Å²) in [5.74, 6) is -1.09. The number of oxime groups is 1. The fourth-order valence-corrected chi connectivity index (χ4v) is 4.29. The number of likely N-dealkylation sites (tertiary alicyclic amines) is 1. The van der Waals surface area contributed by atoms with Gasteiger partial charge in [0, 0.05) is 22.6 Å². The molecule has 2 atom stereocenters. The van der Waals surface area contributed by atoms with Crippen LogP contribution < -0.4 is 4.74 Å². The Balaban J connectivity index is 1.58. The van der Waals surface area contributed by atoms with Gasteiger partial charge in [0.2, 0.25) is 0 Å². The van der Waals surface area contributed by atoms with E-state index in [1.807, 2.05) is 0 Å². The van der Waals surface area contributed by atoms with E-state index in [9.17, 15) is 18.8 Å². The summed E-state index contributed by atoms with van der Waals surface area (Å²) >= 11 is 0. The second kappa shape index (κ2) is 5.14. The number of rotatable bonds is 2. The third-order valence-corrected chi connectivity index (χ3v) is 5.46. The standard InChI is InChI=1S/C18H14F2N2O4/c19-12-1-9(16-10(2-12)7-25-8-26-16)6-22-17(23)15(21-24)14-4-13(20)3-11-5-18(11,14)22/h1-4,11,24H,5-8H2/b21-15-. The van der Waals surface area contributed by atoms with Crippen LogP contribution in [0.1, 0.15) is 17.5 Å². The Bertz CT molecular complexity index is 939. The molecule has 0 aromatic heterocycles. The minimum atomic E-state index is -0.724. The maximum atomic E-state index is 14.0. The van der Waals surface area contributed by atoms with Crippen molar-refractivity contribution in [1.82, 2.24) is 4.90 Å². The van der Waals surface area contributed by atoms with Gasteiger partial charge in [-0.2, -0.15) is 0 Å². The summed E-state index contributed by atoms with van der Waals surface area (Å²) in [5, 5.41) is 12.4. The molecular weight excluding hydrogens is 346 g/mol. The molecule has 2 aliphatic carbocycles. The van der Waals surface area contributed by atoms with E-state index in [-0.39, 0.29) is 31.6 Å². The molecule has 1 saturated carbocycles. The number of carbonyl (C=O) groups is 1. The Morgan fingerprint density at radius 2 is 2.23 bits per heavy atom. The number of carbonyl (C=O) groups excluding carboxylic acids is 1. The van der Waals surface area contributed by atoms with Crippen molar-refractivity contribution in [2.24, 2.45) is 11.1 Å². The molecule has 2 heterocycles. The maximum Gasteiger partial charge on any atom is 0.277 e. The lowest BCUT2D eigenvalue weighted by atomic mass is 9.96. The van der Waals surface area contributed by atoms with E-state index < -0.39 is 23.1 Å². The molecule has 1 aromatic rings. The number of hydrogen-bond donors (Lipinski definition) is 1. The van der Waals surface area contributed by atoms with Gasteiger partial charge in [-0.25, -0.2) is 8.78 Å². The summed E-state index contributed by atoms with van der Waals surface area (Å²) in [4.78, 5) is 14.3. The third-order valence-electron chi connectivity index (χ3n) is 5.46. The fraction of sp³-hybridized carbons (Fsp3) is 0.333. The largest absolute Gasteiger partial charge is 0.467 e. The summed E-state index contributed by atoms with van der Waals surface area (Å²) in [6.45, 7) is 0.349. The van der Waals surface area contributed by atoms with Gasteiger partial charge in [0.15, 0.2) is 12.5 Å². The van der Waals surface area contributed by atoms with Gasteiger partial charge < -0.3 is 19.6 Å². The molecule has 1 spiro atoms. The van der Waals surface area contributed by atoms with Crippen LogP contribution in [0.3, 0.4) is 0 Å². The number of amides is 1. The molecule has 2 unspecified atom stereocenters. The minimum absolute atomic E-state index is 0.0514. The van der Waals surface area contributed by atoms with Crippen LogP contribution in [0.5, 0.6) is 5.75 Å². The van der Waals surface area contributed by atoms with Gasteiger partial charge in [-0.1, -0.05) is 5.16 Å². The lowest BCUT2D eigenvalue weighted by molar-refractivity contribution is -0.125. The first-order chi connectivity index (χ1) is 12.5. The number of allylic oxidation sites excluding steroid dienone is 2. The molecule has 134 valence electrons. The second-order valence-electron chi connectivity index (χ2n) is 6.85. The zero-order chi connectivity index (χ0) is 18.1. The van der Waals surface area contributed by atoms with Crippen molar-refractivity contribution in [3.63, 3.8) is 0 Å². The molecule has 1 saturated heterocycles. The number of fused-ring (bicyclic) bond motifs is 1. The number of hydrogen-bond acceptors (Lipinski definition) is 5. The monoisotopic (exact) mass is 360 g/mol. The molecule has 1 N–H and O–H groups in total. The normalized spacial score (nSPS) is 30.2. The van der Waals surface area contributed by atoms with Crippen molar-refractivity contribution in [1.29, 1.82) is 0 Å². The van der Waals surface area contributed by atoms with E-state index in [0.29, 0.717) is 28.9 Å². The molecule has 4 aliphatic rings. The highest BCUT2D eigenvalue weighted by molar-refractivity contribution is 6.49. The second-order valence-corrected chi connectivity index (χ2v) is 6.85. The van der Waals surface area contributed by atoms with Crippen LogP contribution in [0, 0.1) is 11.7 Å². The van der Waals surface area contributed by atoms with Crippen molar-refractivity contribution < 1.29 is 28.3 Å². The highest BCUT2D eigenvalue weighted by Crippen LogP contribution is 2.61. The van der Waals surface area contributed by atoms with Gasteiger partial charge in [-0.3, -0.25) is 4.79 Å². The van der Waals surface area contributed by atoms with Crippen LogP contribution in [0.4, 0.5) is 8.78 Å². The summed E-state index contributed by atoms with van der Waals surface area (Å²) < 4.78 is 38.5. The Kier molecular flexibility index (Phi) is 3.06. The molecule has 0 radical (unpaired) electrons. The van der Waals surface area contributed by atoms with Gasteiger partial charge in [0.1, 0.15) is 17.4 Å². The Labute approximate surface area is 147 Å². The average molecular weight is 360 g/mol. The first-order valence-electron chi connectivity index (χ1n) is 8.20.